The number of morpholine rings is 1. The first kappa shape index (κ1) is 12.0. The Hall–Kier alpha value is -0.0500. The van der Waals surface area contributed by atoms with Gasteiger partial charge in [0, 0.05) is 25.0 Å². The predicted molar refractivity (Wildman–Crippen MR) is 60.9 cm³/mol. The lowest BCUT2D eigenvalue weighted by Gasteiger charge is -2.36. The van der Waals surface area contributed by atoms with Crippen LogP contribution < -0.4 is 0 Å². The van der Waals surface area contributed by atoms with Crippen molar-refractivity contribution < 1.29 is 4.74 Å². The van der Waals surface area contributed by atoms with Crippen molar-refractivity contribution in [2.45, 2.75) is 32.9 Å². The summed E-state index contributed by atoms with van der Waals surface area (Å²) in [5.41, 5.74) is 1.37. The third-order valence-electron chi connectivity index (χ3n) is 2.54. The van der Waals surface area contributed by atoms with E-state index in [1.807, 2.05) is 0 Å². The first-order valence-electron chi connectivity index (χ1n) is 5.18. The molecule has 14 heavy (non-hydrogen) atoms. The number of alkyl halides is 1. The smallest absolute Gasteiger partial charge is 0.0838 e. The molecule has 1 aliphatic rings. The lowest BCUT2D eigenvalue weighted by Crippen LogP contribution is -2.48. The third-order valence-corrected chi connectivity index (χ3v) is 2.88. The second-order valence-corrected chi connectivity index (χ2v) is 4.50. The molecule has 82 valence electrons. The van der Waals surface area contributed by atoms with Gasteiger partial charge in [0.2, 0.25) is 0 Å². The van der Waals surface area contributed by atoms with Crippen LogP contribution in [-0.4, -0.2) is 42.6 Å². The Kier molecular flexibility index (Phi) is 4.93. The quantitative estimate of drug-likeness (QED) is 0.531. The highest BCUT2D eigenvalue weighted by molar-refractivity contribution is 6.18. The van der Waals surface area contributed by atoms with Gasteiger partial charge in [0.05, 0.1) is 12.7 Å². The van der Waals surface area contributed by atoms with Crippen LogP contribution >= 0.6 is 11.6 Å². The number of halogens is 1. The summed E-state index contributed by atoms with van der Waals surface area (Å²) < 4.78 is 5.58. The summed E-state index contributed by atoms with van der Waals surface area (Å²) in [7, 11) is 0. The van der Waals surface area contributed by atoms with E-state index in [0.717, 1.165) is 19.7 Å². The minimum atomic E-state index is 0.207. The van der Waals surface area contributed by atoms with Crippen LogP contribution in [0.25, 0.3) is 0 Å². The van der Waals surface area contributed by atoms with Gasteiger partial charge in [0.15, 0.2) is 0 Å². The molecule has 2 unspecified atom stereocenters. The summed E-state index contributed by atoms with van der Waals surface area (Å²) in [6.07, 6.45) is 2.46. The van der Waals surface area contributed by atoms with Gasteiger partial charge in [0.1, 0.15) is 0 Å². The summed E-state index contributed by atoms with van der Waals surface area (Å²) in [6.45, 7) is 9.22. The summed E-state index contributed by atoms with van der Waals surface area (Å²) in [6, 6.07) is 0.505. The second-order valence-electron chi connectivity index (χ2n) is 4.19. The van der Waals surface area contributed by atoms with Gasteiger partial charge in [-0.15, -0.1) is 11.6 Å². The number of ether oxygens (including phenoxy) is 1. The topological polar surface area (TPSA) is 12.5 Å². The highest BCUT2D eigenvalue weighted by Gasteiger charge is 2.24. The highest BCUT2D eigenvalue weighted by Crippen LogP contribution is 2.12. The molecular weight excluding hydrogens is 198 g/mol. The fraction of sp³-hybridized carbons (Fsp3) is 0.818. The lowest BCUT2D eigenvalue weighted by atomic mass is 10.2. The van der Waals surface area contributed by atoms with Crippen LogP contribution in [0.1, 0.15) is 20.8 Å². The molecule has 0 spiro atoms. The highest BCUT2D eigenvalue weighted by atomic mass is 35.5. The Morgan fingerprint density at radius 3 is 2.86 bits per heavy atom. The largest absolute Gasteiger partial charge is 0.374 e. The van der Waals surface area contributed by atoms with E-state index in [4.69, 9.17) is 16.3 Å². The number of hydrogen-bond donors (Lipinski definition) is 0. The molecule has 0 N–H and O–H groups in total. The van der Waals surface area contributed by atoms with Crippen LogP contribution in [0.5, 0.6) is 0 Å². The molecule has 0 bridgehead atoms. The Morgan fingerprint density at radius 1 is 1.57 bits per heavy atom. The van der Waals surface area contributed by atoms with E-state index in [1.54, 1.807) is 0 Å². The number of allylic oxidation sites excluding steroid dienone is 1. The van der Waals surface area contributed by atoms with Crippen molar-refractivity contribution in [3.8, 4) is 0 Å². The molecule has 0 aromatic rings. The van der Waals surface area contributed by atoms with Crippen LogP contribution in [-0.2, 0) is 4.74 Å². The van der Waals surface area contributed by atoms with Crippen molar-refractivity contribution in [2.24, 2.45) is 0 Å². The van der Waals surface area contributed by atoms with Crippen molar-refractivity contribution >= 4 is 11.6 Å². The maximum absolute atomic E-state index is 5.79. The van der Waals surface area contributed by atoms with E-state index in [2.05, 4.69) is 31.7 Å². The molecule has 0 radical (unpaired) electrons. The molecule has 0 aromatic carbocycles. The van der Waals surface area contributed by atoms with Crippen LogP contribution in [0.4, 0.5) is 0 Å². The van der Waals surface area contributed by atoms with E-state index < -0.39 is 0 Å². The Bertz CT molecular complexity index is 201. The molecule has 0 saturated carbocycles. The van der Waals surface area contributed by atoms with Crippen molar-refractivity contribution in [1.82, 2.24) is 4.90 Å². The van der Waals surface area contributed by atoms with Crippen LogP contribution in [0.3, 0.4) is 0 Å². The lowest BCUT2D eigenvalue weighted by molar-refractivity contribution is -0.0431. The zero-order valence-electron chi connectivity index (χ0n) is 9.29. The van der Waals surface area contributed by atoms with Crippen LogP contribution in [0, 0.1) is 0 Å². The van der Waals surface area contributed by atoms with E-state index in [0.29, 0.717) is 11.9 Å². The normalized spacial score (nSPS) is 28.9. The molecule has 1 fully saturated rings. The SMILES string of the molecule is CC(C)=CCN1CC(CCl)OCC1C. The van der Waals surface area contributed by atoms with Crippen molar-refractivity contribution in [3.05, 3.63) is 11.6 Å². The molecule has 0 aromatic heterocycles. The standard InChI is InChI=1S/C11H20ClNO/c1-9(2)4-5-13-7-11(6-12)14-8-10(13)3/h4,10-11H,5-8H2,1-3H3. The molecule has 3 heteroatoms. The van der Waals surface area contributed by atoms with E-state index in [9.17, 15) is 0 Å². The van der Waals surface area contributed by atoms with Gasteiger partial charge in [-0.3, -0.25) is 4.90 Å². The Labute approximate surface area is 91.9 Å². The van der Waals surface area contributed by atoms with Crippen molar-refractivity contribution in [2.75, 3.05) is 25.6 Å². The first-order valence-corrected chi connectivity index (χ1v) is 5.72. The number of nitrogens with zero attached hydrogens (tertiary/aromatic N) is 1. The first-order chi connectivity index (χ1) is 6.63. The minimum absolute atomic E-state index is 0.207. The molecule has 2 nitrogen and oxygen atoms in total. The van der Waals surface area contributed by atoms with Crippen molar-refractivity contribution in [1.29, 1.82) is 0 Å². The Balaban J connectivity index is 2.44. The van der Waals surface area contributed by atoms with Gasteiger partial charge < -0.3 is 4.74 Å². The van der Waals surface area contributed by atoms with Gasteiger partial charge in [0.25, 0.3) is 0 Å². The molecule has 1 aliphatic heterocycles. The maximum atomic E-state index is 5.79. The van der Waals surface area contributed by atoms with Gasteiger partial charge in [-0.1, -0.05) is 11.6 Å². The zero-order valence-corrected chi connectivity index (χ0v) is 10.0. The monoisotopic (exact) mass is 217 g/mol. The van der Waals surface area contributed by atoms with Crippen LogP contribution in [0.15, 0.2) is 11.6 Å². The summed E-state index contributed by atoms with van der Waals surface area (Å²) in [5.74, 6) is 0.595. The summed E-state index contributed by atoms with van der Waals surface area (Å²) in [5, 5.41) is 0. The van der Waals surface area contributed by atoms with E-state index in [1.165, 1.54) is 5.57 Å². The minimum Gasteiger partial charge on any atom is -0.374 e. The third kappa shape index (κ3) is 3.60. The maximum Gasteiger partial charge on any atom is 0.0838 e. The van der Waals surface area contributed by atoms with Gasteiger partial charge in [-0.05, 0) is 20.8 Å². The average Bonchev–Trinajstić information content (AvgIpc) is 2.16. The number of rotatable bonds is 3. The zero-order chi connectivity index (χ0) is 10.6. The average molecular weight is 218 g/mol. The fourth-order valence-corrected chi connectivity index (χ4v) is 1.71. The summed E-state index contributed by atoms with van der Waals surface area (Å²) >= 11 is 5.79. The molecule has 0 aliphatic carbocycles. The summed E-state index contributed by atoms with van der Waals surface area (Å²) in [4.78, 5) is 2.42. The Morgan fingerprint density at radius 2 is 2.29 bits per heavy atom. The van der Waals surface area contributed by atoms with E-state index in [-0.39, 0.29) is 6.10 Å². The fourth-order valence-electron chi connectivity index (χ4n) is 1.52. The molecule has 0 amide bonds. The molecule has 1 heterocycles. The molecular formula is C11H20ClNO. The van der Waals surface area contributed by atoms with Crippen molar-refractivity contribution in [3.63, 3.8) is 0 Å². The van der Waals surface area contributed by atoms with Crippen LogP contribution in [0.2, 0.25) is 0 Å². The molecule has 1 rings (SSSR count). The van der Waals surface area contributed by atoms with Gasteiger partial charge in [-0.2, -0.15) is 0 Å². The second kappa shape index (κ2) is 5.74. The van der Waals surface area contributed by atoms with Gasteiger partial charge in [-0.25, -0.2) is 0 Å². The van der Waals surface area contributed by atoms with Gasteiger partial charge >= 0.3 is 0 Å². The predicted octanol–water partition coefficient (Wildman–Crippen LogP) is 2.28. The molecule has 2 atom stereocenters. The molecule has 1 saturated heterocycles. The van der Waals surface area contributed by atoms with E-state index >= 15 is 0 Å². The number of hydrogen-bond acceptors (Lipinski definition) is 2.